The van der Waals surface area contributed by atoms with Crippen molar-refractivity contribution in [1.82, 2.24) is 20.3 Å². The summed E-state index contributed by atoms with van der Waals surface area (Å²) >= 11 is 0. The lowest BCUT2D eigenvalue weighted by Crippen LogP contribution is -2.23. The van der Waals surface area contributed by atoms with Crippen molar-refractivity contribution in [2.45, 2.75) is 19.6 Å². The number of fused-ring (bicyclic) bond motifs is 1. The van der Waals surface area contributed by atoms with Crippen LogP contribution in [0.2, 0.25) is 0 Å². The number of amides is 1. The van der Waals surface area contributed by atoms with Crippen LogP contribution in [0.25, 0.3) is 16.5 Å². The SMILES string of the molecule is CC(O)c1cn(-c2cccc(CNC(=O)c3cccc4ccccc34)c2)nn1. The number of carbonyl (C=O) groups is 1. The highest BCUT2D eigenvalue weighted by atomic mass is 16.3. The van der Waals surface area contributed by atoms with Gasteiger partial charge in [0.1, 0.15) is 5.69 Å². The summed E-state index contributed by atoms with van der Waals surface area (Å²) in [5.41, 5.74) is 2.93. The van der Waals surface area contributed by atoms with Crippen molar-refractivity contribution >= 4 is 16.7 Å². The highest BCUT2D eigenvalue weighted by Gasteiger charge is 2.10. The summed E-state index contributed by atoms with van der Waals surface area (Å²) in [7, 11) is 0. The number of hydrogen-bond donors (Lipinski definition) is 2. The van der Waals surface area contributed by atoms with E-state index in [9.17, 15) is 9.90 Å². The van der Waals surface area contributed by atoms with Crippen molar-refractivity contribution < 1.29 is 9.90 Å². The molecule has 1 atom stereocenters. The molecular weight excluding hydrogens is 352 g/mol. The van der Waals surface area contributed by atoms with Gasteiger partial charge in [0.15, 0.2) is 0 Å². The van der Waals surface area contributed by atoms with Gasteiger partial charge in [0, 0.05) is 12.1 Å². The molecular formula is C22H20N4O2. The number of aromatic nitrogens is 3. The van der Waals surface area contributed by atoms with Gasteiger partial charge in [0.05, 0.1) is 18.0 Å². The Labute approximate surface area is 162 Å². The zero-order chi connectivity index (χ0) is 19.5. The first-order chi connectivity index (χ1) is 13.6. The fourth-order valence-electron chi connectivity index (χ4n) is 3.10. The number of aliphatic hydroxyl groups excluding tert-OH is 1. The van der Waals surface area contributed by atoms with Gasteiger partial charge in [-0.25, -0.2) is 4.68 Å². The Morgan fingerprint density at radius 3 is 2.71 bits per heavy atom. The minimum atomic E-state index is -0.670. The molecule has 3 aromatic carbocycles. The zero-order valence-electron chi connectivity index (χ0n) is 15.4. The van der Waals surface area contributed by atoms with Gasteiger partial charge in [-0.1, -0.05) is 53.7 Å². The Kier molecular flexibility index (Phi) is 4.87. The first-order valence-corrected chi connectivity index (χ1v) is 9.07. The summed E-state index contributed by atoms with van der Waals surface area (Å²) in [5.74, 6) is -0.112. The summed E-state index contributed by atoms with van der Waals surface area (Å²) < 4.78 is 1.61. The quantitative estimate of drug-likeness (QED) is 0.563. The molecule has 6 nitrogen and oxygen atoms in total. The standard InChI is InChI=1S/C22H20N4O2/c1-15(27)21-14-26(25-24-21)18-9-4-6-16(12-18)13-23-22(28)20-11-5-8-17-7-2-3-10-19(17)20/h2-12,14-15,27H,13H2,1H3,(H,23,28). The van der Waals surface area contributed by atoms with E-state index in [4.69, 9.17) is 0 Å². The maximum absolute atomic E-state index is 12.7. The van der Waals surface area contributed by atoms with E-state index >= 15 is 0 Å². The number of benzene rings is 3. The average Bonchev–Trinajstić information content (AvgIpc) is 3.22. The fraction of sp³-hybridized carbons (Fsp3) is 0.136. The second-order valence-corrected chi connectivity index (χ2v) is 6.64. The fourth-order valence-corrected chi connectivity index (χ4v) is 3.10. The van der Waals surface area contributed by atoms with Gasteiger partial charge in [-0.05, 0) is 41.5 Å². The van der Waals surface area contributed by atoms with Gasteiger partial charge in [0.25, 0.3) is 5.91 Å². The maximum Gasteiger partial charge on any atom is 0.252 e. The smallest absolute Gasteiger partial charge is 0.252 e. The molecule has 2 N–H and O–H groups in total. The number of nitrogens with one attached hydrogen (secondary N) is 1. The highest BCUT2D eigenvalue weighted by Crippen LogP contribution is 2.19. The van der Waals surface area contributed by atoms with Crippen LogP contribution in [0.1, 0.15) is 34.6 Å². The molecule has 1 unspecified atom stereocenters. The van der Waals surface area contributed by atoms with Crippen LogP contribution >= 0.6 is 0 Å². The number of hydrogen-bond acceptors (Lipinski definition) is 4. The molecule has 0 aliphatic heterocycles. The minimum Gasteiger partial charge on any atom is -0.387 e. The molecule has 140 valence electrons. The van der Waals surface area contributed by atoms with Crippen LogP contribution in [0.3, 0.4) is 0 Å². The summed E-state index contributed by atoms with van der Waals surface area (Å²) in [6, 6.07) is 21.2. The van der Waals surface area contributed by atoms with E-state index in [-0.39, 0.29) is 5.91 Å². The molecule has 1 aromatic heterocycles. The van der Waals surface area contributed by atoms with Crippen LogP contribution in [0.4, 0.5) is 0 Å². The van der Waals surface area contributed by atoms with Crippen LogP contribution in [0.15, 0.2) is 72.9 Å². The molecule has 1 amide bonds. The monoisotopic (exact) mass is 372 g/mol. The normalized spacial score (nSPS) is 12.1. The molecule has 28 heavy (non-hydrogen) atoms. The Morgan fingerprint density at radius 2 is 1.89 bits per heavy atom. The molecule has 0 radical (unpaired) electrons. The number of carbonyl (C=O) groups excluding carboxylic acids is 1. The molecule has 0 aliphatic rings. The number of aliphatic hydroxyl groups is 1. The predicted octanol–water partition coefficient (Wildman–Crippen LogP) is 3.40. The molecule has 0 spiro atoms. The minimum absolute atomic E-state index is 0.112. The van der Waals surface area contributed by atoms with Crippen LogP contribution < -0.4 is 5.32 Å². The summed E-state index contributed by atoms with van der Waals surface area (Å²) in [6.07, 6.45) is 1.02. The lowest BCUT2D eigenvalue weighted by atomic mass is 10.0. The lowest BCUT2D eigenvalue weighted by molar-refractivity contribution is 0.0952. The van der Waals surface area contributed by atoms with Crippen molar-refractivity contribution in [3.63, 3.8) is 0 Å². The Morgan fingerprint density at radius 1 is 1.11 bits per heavy atom. The number of rotatable bonds is 5. The molecule has 0 aliphatic carbocycles. The van der Waals surface area contributed by atoms with Crippen LogP contribution in [-0.2, 0) is 6.54 Å². The lowest BCUT2D eigenvalue weighted by Gasteiger charge is -2.09. The van der Waals surface area contributed by atoms with Gasteiger partial charge in [-0.15, -0.1) is 5.10 Å². The molecule has 0 bridgehead atoms. The van der Waals surface area contributed by atoms with Crippen molar-refractivity contribution in [3.8, 4) is 5.69 Å². The zero-order valence-corrected chi connectivity index (χ0v) is 15.4. The van der Waals surface area contributed by atoms with E-state index in [0.717, 1.165) is 22.0 Å². The Balaban J connectivity index is 1.51. The van der Waals surface area contributed by atoms with Crippen molar-refractivity contribution in [2.24, 2.45) is 0 Å². The molecule has 0 saturated heterocycles. The van der Waals surface area contributed by atoms with Gasteiger partial charge in [-0.2, -0.15) is 0 Å². The van der Waals surface area contributed by atoms with Crippen molar-refractivity contribution in [2.75, 3.05) is 0 Å². The molecule has 0 fully saturated rings. The molecule has 6 heteroatoms. The molecule has 4 aromatic rings. The maximum atomic E-state index is 12.7. The van der Waals surface area contributed by atoms with E-state index in [1.165, 1.54) is 0 Å². The van der Waals surface area contributed by atoms with E-state index in [0.29, 0.717) is 17.8 Å². The number of nitrogens with zero attached hydrogens (tertiary/aromatic N) is 3. The van der Waals surface area contributed by atoms with Crippen molar-refractivity contribution in [3.05, 3.63) is 89.7 Å². The summed E-state index contributed by atoms with van der Waals surface area (Å²) in [4.78, 5) is 12.7. The van der Waals surface area contributed by atoms with Crippen LogP contribution in [-0.4, -0.2) is 26.0 Å². The van der Waals surface area contributed by atoms with E-state index in [1.54, 1.807) is 17.8 Å². The Bertz CT molecular complexity index is 1130. The Hall–Kier alpha value is -3.51. The largest absolute Gasteiger partial charge is 0.387 e. The molecule has 0 saturated carbocycles. The first-order valence-electron chi connectivity index (χ1n) is 9.07. The summed E-state index contributed by atoms with van der Waals surface area (Å²) in [6.45, 7) is 2.04. The predicted molar refractivity (Wildman–Crippen MR) is 107 cm³/mol. The second-order valence-electron chi connectivity index (χ2n) is 6.64. The highest BCUT2D eigenvalue weighted by molar-refractivity contribution is 6.06. The first kappa shape index (κ1) is 17.9. The van der Waals surface area contributed by atoms with Crippen molar-refractivity contribution in [1.29, 1.82) is 0 Å². The van der Waals surface area contributed by atoms with Gasteiger partial charge in [0.2, 0.25) is 0 Å². The van der Waals surface area contributed by atoms with E-state index in [2.05, 4.69) is 15.6 Å². The van der Waals surface area contributed by atoms with Gasteiger partial charge in [-0.3, -0.25) is 4.79 Å². The van der Waals surface area contributed by atoms with Gasteiger partial charge < -0.3 is 10.4 Å². The third kappa shape index (κ3) is 3.63. The van der Waals surface area contributed by atoms with E-state index in [1.807, 2.05) is 66.7 Å². The summed E-state index contributed by atoms with van der Waals surface area (Å²) in [5, 5.41) is 22.6. The molecule has 4 rings (SSSR count). The molecule has 1 heterocycles. The van der Waals surface area contributed by atoms with E-state index < -0.39 is 6.10 Å². The van der Waals surface area contributed by atoms with Crippen LogP contribution in [0, 0.1) is 0 Å². The average molecular weight is 372 g/mol. The van der Waals surface area contributed by atoms with Crippen LogP contribution in [0.5, 0.6) is 0 Å². The third-order valence-electron chi connectivity index (χ3n) is 4.60. The topological polar surface area (TPSA) is 80.0 Å². The third-order valence-corrected chi connectivity index (χ3v) is 4.60. The second kappa shape index (κ2) is 7.62. The van der Waals surface area contributed by atoms with Gasteiger partial charge >= 0.3 is 0 Å².